The van der Waals surface area contributed by atoms with E-state index in [2.05, 4.69) is 21.3 Å². The molecular weight excluding hydrogens is 1380 g/mol. The Morgan fingerprint density at radius 3 is 0.581 bits per heavy atom. The highest BCUT2D eigenvalue weighted by Crippen LogP contribution is 2.35. The zero-order chi connectivity index (χ0) is 73.1. The molecule has 0 saturated heterocycles. The van der Waals surface area contributed by atoms with Gasteiger partial charge in [-0.05, 0) is 48.5 Å². The molecule has 4 heterocycles. The second-order valence-corrected chi connectivity index (χ2v) is 23.6. The molecule has 0 fully saturated rings. The third-order valence-electron chi connectivity index (χ3n) is 15.4. The molecule has 4 aliphatic heterocycles. The predicted molar refractivity (Wildman–Crippen MR) is 378 cm³/mol. The smallest absolute Gasteiger partial charge is 0.307 e. The lowest BCUT2D eigenvalue weighted by Gasteiger charge is -2.31. The number of hydrogen-bond donors (Lipinski definition) is 4. The van der Waals surface area contributed by atoms with E-state index < -0.39 is 55.7 Å². The van der Waals surface area contributed by atoms with Gasteiger partial charge in [0.2, 0.25) is 0 Å². The van der Waals surface area contributed by atoms with E-state index in [4.69, 9.17) is 114 Å². The van der Waals surface area contributed by atoms with Gasteiger partial charge in [0.15, 0.2) is 46.0 Å². The number of hydrogen-bond acceptors (Lipinski definition) is 32. The first-order valence-electron chi connectivity index (χ1n) is 35.9. The molecular formula is C73H104N4O28. The van der Waals surface area contributed by atoms with Crippen LogP contribution in [0.4, 0.5) is 22.7 Å². The number of esters is 4. The molecule has 4 aromatic rings. The van der Waals surface area contributed by atoms with Gasteiger partial charge < -0.3 is 135 Å². The van der Waals surface area contributed by atoms with Crippen LogP contribution in [0.1, 0.15) is 25.7 Å². The van der Waals surface area contributed by atoms with Crippen LogP contribution in [0.2, 0.25) is 0 Å². The van der Waals surface area contributed by atoms with E-state index in [9.17, 15) is 19.2 Å². The molecule has 4 N–H and O–H groups in total. The van der Waals surface area contributed by atoms with Gasteiger partial charge in [-0.3, -0.25) is 19.2 Å². The van der Waals surface area contributed by atoms with E-state index in [-0.39, 0.29) is 105 Å². The molecule has 32 heteroatoms. The summed E-state index contributed by atoms with van der Waals surface area (Å²) in [7, 11) is 0. The Labute approximate surface area is 612 Å². The fraction of sp³-hybridized carbons (Fsp3) is 0.616. The minimum atomic E-state index is -1.65. The van der Waals surface area contributed by atoms with E-state index >= 15 is 0 Å². The maximum atomic E-state index is 13.9. The summed E-state index contributed by atoms with van der Waals surface area (Å²) in [4.78, 5) is 55.7. The Kier molecular flexibility index (Phi) is 40.2. The summed E-state index contributed by atoms with van der Waals surface area (Å²) in [6.07, 6.45) is -0.641. The van der Waals surface area contributed by atoms with Crippen LogP contribution in [0.25, 0.3) is 0 Å². The maximum absolute atomic E-state index is 13.9. The lowest BCUT2D eigenvalue weighted by molar-refractivity contribution is -0.170. The average molecular weight is 1490 g/mol. The molecule has 584 valence electrons. The maximum Gasteiger partial charge on any atom is 0.307 e. The predicted octanol–water partition coefficient (Wildman–Crippen LogP) is 5.44. The average Bonchev–Trinajstić information content (AvgIpc) is 0.869. The molecule has 0 radical (unpaired) electrons. The van der Waals surface area contributed by atoms with Crippen molar-refractivity contribution in [1.82, 2.24) is 0 Å². The van der Waals surface area contributed by atoms with Crippen molar-refractivity contribution in [3.63, 3.8) is 0 Å². The Bertz CT molecular complexity index is 2690. The van der Waals surface area contributed by atoms with E-state index in [0.29, 0.717) is 227 Å². The number of nitrogens with one attached hydrogen (secondary N) is 4. The van der Waals surface area contributed by atoms with Gasteiger partial charge in [-0.1, -0.05) is 0 Å². The topological polar surface area (TPSA) is 338 Å². The quantitative estimate of drug-likeness (QED) is 0.0501. The molecule has 0 saturated carbocycles. The zero-order valence-corrected chi connectivity index (χ0v) is 60.0. The highest BCUT2D eigenvalue weighted by Gasteiger charge is 2.38. The number of ether oxygens (including phenoxy) is 24. The van der Waals surface area contributed by atoms with Crippen LogP contribution in [-0.4, -0.2) is 288 Å². The van der Waals surface area contributed by atoms with Gasteiger partial charge in [-0.25, -0.2) is 0 Å². The standard InChI is InChI=1S/C73H104N4O28/c78-69(9-13-74-57-1-5-61-65(49-57)98-45-37-90-29-21-82-17-25-86-33-41-94-61)102-53-73(54-103-70(79)10-14-75-58-2-6-62-66(50-58)99-46-38-91-30-22-83-18-26-87-34-42-95-62,55-104-71(80)11-15-76-59-3-7-63-67(51-59)100-47-39-92-31-23-84-19-27-88-35-43-96-63)56-105-72(81)12-16-77-60-4-8-64-68(52-60)101-48-40-93-32-24-85-20-28-89-36-44-97-64/h1-8,49-52,74-77H,9-48,53-56H2. The van der Waals surface area contributed by atoms with Crippen LogP contribution in [0.5, 0.6) is 46.0 Å². The zero-order valence-electron chi connectivity index (χ0n) is 60.0. The highest BCUT2D eigenvalue weighted by molar-refractivity contribution is 5.73. The molecule has 32 nitrogen and oxygen atoms in total. The molecule has 8 rings (SSSR count). The van der Waals surface area contributed by atoms with Gasteiger partial charge in [-0.15, -0.1) is 0 Å². The third kappa shape index (κ3) is 34.8. The number of carbonyl (C=O) groups is 4. The van der Waals surface area contributed by atoms with E-state index in [0.717, 1.165) is 0 Å². The molecule has 0 amide bonds. The molecule has 4 aromatic carbocycles. The van der Waals surface area contributed by atoms with Crippen molar-refractivity contribution in [3.8, 4) is 46.0 Å². The monoisotopic (exact) mass is 1480 g/mol. The van der Waals surface area contributed by atoms with Crippen LogP contribution in [0.3, 0.4) is 0 Å². The van der Waals surface area contributed by atoms with Crippen molar-refractivity contribution in [2.75, 3.05) is 285 Å². The van der Waals surface area contributed by atoms with Gasteiger partial charge >= 0.3 is 23.9 Å². The summed E-state index contributed by atoms with van der Waals surface area (Å²) in [5, 5.41) is 13.0. The third-order valence-corrected chi connectivity index (χ3v) is 15.4. The minimum absolute atomic E-state index is 0.0993. The normalized spacial score (nSPS) is 17.4. The molecule has 4 aliphatic rings. The Balaban J connectivity index is 0.955. The molecule has 0 unspecified atom stereocenters. The largest absolute Gasteiger partial charge is 0.487 e. The van der Waals surface area contributed by atoms with E-state index in [1.54, 1.807) is 72.8 Å². The molecule has 0 bridgehead atoms. The van der Waals surface area contributed by atoms with Crippen molar-refractivity contribution in [2.24, 2.45) is 5.41 Å². The first-order chi connectivity index (χ1) is 51.8. The number of carbonyl (C=O) groups excluding carboxylic acids is 4. The van der Waals surface area contributed by atoms with Crippen molar-refractivity contribution in [3.05, 3.63) is 72.8 Å². The van der Waals surface area contributed by atoms with Crippen molar-refractivity contribution in [1.29, 1.82) is 0 Å². The number of rotatable bonds is 24. The van der Waals surface area contributed by atoms with Gasteiger partial charge in [-0.2, -0.15) is 0 Å². The van der Waals surface area contributed by atoms with Crippen LogP contribution < -0.4 is 59.2 Å². The molecule has 0 atom stereocenters. The summed E-state index contributed by atoms with van der Waals surface area (Å²) >= 11 is 0. The molecule has 0 spiro atoms. The van der Waals surface area contributed by atoms with Gasteiger partial charge in [0, 0.05) is 73.2 Å². The second kappa shape index (κ2) is 51.2. The fourth-order valence-electron chi connectivity index (χ4n) is 9.96. The van der Waals surface area contributed by atoms with Gasteiger partial charge in [0.25, 0.3) is 0 Å². The Morgan fingerprint density at radius 1 is 0.238 bits per heavy atom. The van der Waals surface area contributed by atoms with Crippen LogP contribution >= 0.6 is 0 Å². The fourth-order valence-corrected chi connectivity index (χ4v) is 9.96. The summed E-state index contributed by atoms with van der Waals surface area (Å²) < 4.78 is 139. The van der Waals surface area contributed by atoms with Gasteiger partial charge in [0.1, 0.15) is 84.7 Å². The van der Waals surface area contributed by atoms with Crippen LogP contribution in [0.15, 0.2) is 72.8 Å². The highest BCUT2D eigenvalue weighted by atomic mass is 16.6. The molecule has 0 aromatic heterocycles. The lowest BCUT2D eigenvalue weighted by atomic mass is 9.92. The molecule has 0 aliphatic carbocycles. The number of benzene rings is 4. The number of anilines is 4. The van der Waals surface area contributed by atoms with Crippen molar-refractivity contribution in [2.45, 2.75) is 25.7 Å². The summed E-state index contributed by atoms with van der Waals surface area (Å²) in [6, 6.07) is 21.1. The van der Waals surface area contributed by atoms with Gasteiger partial charge in [0.05, 0.1) is 184 Å². The first-order valence-corrected chi connectivity index (χ1v) is 35.9. The summed E-state index contributed by atoms with van der Waals surface area (Å²) in [5.74, 6) is 1.04. The lowest BCUT2D eigenvalue weighted by Crippen LogP contribution is -2.44. The summed E-state index contributed by atoms with van der Waals surface area (Å²) in [6.45, 7) is 9.57. The SMILES string of the molecule is O=C(CCNc1ccc2c(c1)OCCOCCOCCOCCO2)OCC(COC(=O)CCNc1ccc2c(c1)OCCOCCOCCOCCO2)(COC(=O)CCNc1ccc2c(c1)OCCOCCOCCOCCO2)COC(=O)CCNc1ccc2c(c1)OCCOCCOCCOCCO2. The van der Waals surface area contributed by atoms with Crippen LogP contribution in [-0.2, 0) is 95.0 Å². The second-order valence-electron chi connectivity index (χ2n) is 23.6. The Morgan fingerprint density at radius 2 is 0.400 bits per heavy atom. The van der Waals surface area contributed by atoms with E-state index in [1.807, 2.05) is 0 Å². The van der Waals surface area contributed by atoms with Crippen molar-refractivity contribution < 1.29 is 133 Å². The minimum Gasteiger partial charge on any atom is -0.487 e. The Hall–Kier alpha value is -8.12. The van der Waals surface area contributed by atoms with Crippen molar-refractivity contribution >= 4 is 46.6 Å². The van der Waals surface area contributed by atoms with Crippen LogP contribution in [0, 0.1) is 5.41 Å². The molecule has 105 heavy (non-hydrogen) atoms. The summed E-state index contributed by atoms with van der Waals surface area (Å²) in [5.41, 5.74) is 0.814. The van der Waals surface area contributed by atoms with E-state index in [1.165, 1.54) is 0 Å². The number of fused-ring (bicyclic) bond motifs is 4. The first kappa shape index (κ1) is 82.5.